The van der Waals surface area contributed by atoms with Crippen LogP contribution in [0.25, 0.3) is 10.8 Å². The molecule has 0 aromatic heterocycles. The Labute approximate surface area is 170 Å². The van der Waals surface area contributed by atoms with Crippen LogP contribution in [0.3, 0.4) is 0 Å². The number of fused-ring (bicyclic) bond motifs is 1. The highest BCUT2D eigenvalue weighted by molar-refractivity contribution is 6.23. The van der Waals surface area contributed by atoms with E-state index < -0.39 is 46.1 Å². The molecule has 12 heteroatoms. The molecule has 2 aromatic rings. The molecule has 0 aliphatic heterocycles. The summed E-state index contributed by atoms with van der Waals surface area (Å²) < 4.78 is 0. The molecule has 8 nitrogen and oxygen atoms in total. The van der Waals surface area contributed by atoms with Crippen LogP contribution in [0.1, 0.15) is 41.4 Å². The van der Waals surface area contributed by atoms with Gasteiger partial charge in [-0.3, -0.25) is 0 Å². The molecule has 0 bridgehead atoms. The fraction of sp³-hybridized carbons (Fsp3) is 0. The molecule has 0 amide bonds. The van der Waals surface area contributed by atoms with E-state index in [1.54, 1.807) is 0 Å². The molecule has 0 fully saturated rings. The second-order valence-electron chi connectivity index (χ2n) is 4.27. The molecule has 0 unspecified atom stereocenters. The Morgan fingerprint density at radius 3 is 0.923 bits per heavy atom. The van der Waals surface area contributed by atoms with Crippen molar-refractivity contribution < 1.29 is 39.6 Å². The van der Waals surface area contributed by atoms with Gasteiger partial charge in [0, 0.05) is 0 Å². The quantitative estimate of drug-likeness (QED) is 0.555. The van der Waals surface area contributed by atoms with Crippen LogP contribution in [0.4, 0.5) is 0 Å². The minimum absolute atomic E-state index is 0. The van der Waals surface area contributed by atoms with Crippen LogP contribution in [0.2, 0.25) is 0 Å². The van der Waals surface area contributed by atoms with E-state index in [2.05, 4.69) is 0 Å². The average Bonchev–Trinajstić information content (AvgIpc) is 2.43. The average molecular weight is 450 g/mol. The SMILES string of the molecule is Cl.Cl.Cl.Cl.O=C(O)c1c(C(=O)O)c(C(=O)O)c2ccccc2c1C(=O)O. The summed E-state index contributed by atoms with van der Waals surface area (Å²) in [5, 5.41) is 36.6. The Morgan fingerprint density at radius 2 is 0.731 bits per heavy atom. The largest absolute Gasteiger partial charge is 0.478 e. The minimum Gasteiger partial charge on any atom is -0.478 e. The second-order valence-corrected chi connectivity index (χ2v) is 4.27. The van der Waals surface area contributed by atoms with Gasteiger partial charge < -0.3 is 20.4 Å². The maximum absolute atomic E-state index is 11.4. The second kappa shape index (κ2) is 10.7. The molecule has 0 heterocycles. The third kappa shape index (κ3) is 4.67. The molecule has 0 saturated carbocycles. The van der Waals surface area contributed by atoms with Crippen molar-refractivity contribution in [1.82, 2.24) is 0 Å². The summed E-state index contributed by atoms with van der Waals surface area (Å²) in [6.45, 7) is 0. The Morgan fingerprint density at radius 1 is 0.500 bits per heavy atom. The van der Waals surface area contributed by atoms with Crippen LogP contribution in [0, 0.1) is 0 Å². The zero-order valence-electron chi connectivity index (χ0n) is 12.4. The van der Waals surface area contributed by atoms with Crippen LogP contribution >= 0.6 is 49.6 Å². The minimum atomic E-state index is -1.83. The van der Waals surface area contributed by atoms with Crippen LogP contribution in [0.15, 0.2) is 24.3 Å². The third-order valence-corrected chi connectivity index (χ3v) is 3.07. The van der Waals surface area contributed by atoms with Crippen molar-refractivity contribution in [3.8, 4) is 0 Å². The van der Waals surface area contributed by atoms with Crippen molar-refractivity contribution in [3.05, 3.63) is 46.5 Å². The van der Waals surface area contributed by atoms with E-state index in [-0.39, 0.29) is 60.4 Å². The molecule has 144 valence electrons. The standard InChI is InChI=1S/C14H8O8.4ClH/c15-11(16)7-5-3-1-2-4-6(5)8(12(17)18)10(14(21)22)9(7)13(19)20;;;;/h1-4H,(H,15,16)(H,17,18)(H,19,20)(H,21,22);4*1H. The molecule has 0 saturated heterocycles. The molecule has 26 heavy (non-hydrogen) atoms. The third-order valence-electron chi connectivity index (χ3n) is 3.07. The number of carboxylic acids is 4. The summed E-state index contributed by atoms with van der Waals surface area (Å²) in [5.41, 5.74) is -3.64. The summed E-state index contributed by atoms with van der Waals surface area (Å²) in [5.74, 6) is -6.98. The maximum Gasteiger partial charge on any atom is 0.337 e. The smallest absolute Gasteiger partial charge is 0.337 e. The number of hydrogen-bond acceptors (Lipinski definition) is 4. The molecule has 0 radical (unpaired) electrons. The van der Waals surface area contributed by atoms with Crippen molar-refractivity contribution in [2.75, 3.05) is 0 Å². The first kappa shape index (κ1) is 28.5. The van der Waals surface area contributed by atoms with Crippen LogP contribution < -0.4 is 0 Å². The van der Waals surface area contributed by atoms with Gasteiger partial charge in [0.05, 0.1) is 22.3 Å². The lowest BCUT2D eigenvalue weighted by atomic mass is 9.88. The fourth-order valence-corrected chi connectivity index (χ4v) is 2.31. The van der Waals surface area contributed by atoms with Crippen molar-refractivity contribution in [1.29, 1.82) is 0 Å². The summed E-state index contributed by atoms with van der Waals surface area (Å²) in [7, 11) is 0. The molecule has 0 aliphatic carbocycles. The number of benzene rings is 2. The van der Waals surface area contributed by atoms with Crippen molar-refractivity contribution in [2.45, 2.75) is 0 Å². The Bertz CT molecular complexity index is 795. The van der Waals surface area contributed by atoms with Crippen LogP contribution in [-0.2, 0) is 0 Å². The van der Waals surface area contributed by atoms with E-state index in [1.807, 2.05) is 0 Å². The molecular weight excluding hydrogens is 438 g/mol. The first-order valence-electron chi connectivity index (χ1n) is 5.79. The first-order valence-corrected chi connectivity index (χ1v) is 5.79. The van der Waals surface area contributed by atoms with Gasteiger partial charge in [0.25, 0.3) is 0 Å². The highest BCUT2D eigenvalue weighted by Crippen LogP contribution is 2.31. The van der Waals surface area contributed by atoms with E-state index in [1.165, 1.54) is 24.3 Å². The Balaban J connectivity index is -0.00000132. The predicted molar refractivity (Wildman–Crippen MR) is 101 cm³/mol. The number of carbonyl (C=O) groups is 4. The van der Waals surface area contributed by atoms with E-state index >= 15 is 0 Å². The monoisotopic (exact) mass is 448 g/mol. The van der Waals surface area contributed by atoms with Gasteiger partial charge >= 0.3 is 23.9 Å². The van der Waals surface area contributed by atoms with E-state index in [4.69, 9.17) is 0 Å². The molecule has 2 aromatic carbocycles. The number of rotatable bonds is 4. The lowest BCUT2D eigenvalue weighted by Gasteiger charge is -2.14. The molecule has 2 rings (SSSR count). The van der Waals surface area contributed by atoms with Crippen molar-refractivity contribution in [3.63, 3.8) is 0 Å². The summed E-state index contributed by atoms with van der Waals surface area (Å²) in [6, 6.07) is 5.24. The first-order chi connectivity index (χ1) is 10.3. The predicted octanol–water partition coefficient (Wildman–Crippen LogP) is 3.32. The number of halogens is 4. The van der Waals surface area contributed by atoms with Gasteiger partial charge in [0.15, 0.2) is 0 Å². The maximum atomic E-state index is 11.4. The Kier molecular flexibility index (Phi) is 11.7. The molecule has 0 atom stereocenters. The van der Waals surface area contributed by atoms with Gasteiger partial charge in [-0.1, -0.05) is 24.3 Å². The van der Waals surface area contributed by atoms with Gasteiger partial charge in [-0.15, -0.1) is 49.6 Å². The number of carboxylic acid groups (broad SMARTS) is 4. The molecular formula is C14H12Cl4O8. The number of aromatic carboxylic acids is 4. The zero-order chi connectivity index (χ0) is 16.6. The van der Waals surface area contributed by atoms with Gasteiger partial charge in [-0.05, 0) is 10.8 Å². The zero-order valence-corrected chi connectivity index (χ0v) is 15.6. The summed E-state index contributed by atoms with van der Waals surface area (Å²) in [4.78, 5) is 45.5. The van der Waals surface area contributed by atoms with Gasteiger partial charge in [-0.25, -0.2) is 19.2 Å². The highest BCUT2D eigenvalue weighted by atomic mass is 35.5. The fourth-order valence-electron chi connectivity index (χ4n) is 2.31. The van der Waals surface area contributed by atoms with Crippen molar-refractivity contribution in [2.24, 2.45) is 0 Å². The van der Waals surface area contributed by atoms with Gasteiger partial charge in [-0.2, -0.15) is 0 Å². The van der Waals surface area contributed by atoms with Gasteiger partial charge in [0.2, 0.25) is 0 Å². The van der Waals surface area contributed by atoms with E-state index in [9.17, 15) is 39.6 Å². The topological polar surface area (TPSA) is 149 Å². The lowest BCUT2D eigenvalue weighted by Crippen LogP contribution is -2.20. The van der Waals surface area contributed by atoms with E-state index in [0.717, 1.165) is 0 Å². The number of hydrogen-bond donors (Lipinski definition) is 4. The lowest BCUT2D eigenvalue weighted by molar-refractivity contribution is 0.0621. The van der Waals surface area contributed by atoms with Crippen LogP contribution in [0.5, 0.6) is 0 Å². The molecule has 0 spiro atoms. The highest BCUT2D eigenvalue weighted by Gasteiger charge is 2.32. The molecule has 4 N–H and O–H groups in total. The normalized spacial score (nSPS) is 8.77. The van der Waals surface area contributed by atoms with Gasteiger partial charge in [0.1, 0.15) is 0 Å². The summed E-state index contributed by atoms with van der Waals surface area (Å²) in [6.07, 6.45) is 0. The van der Waals surface area contributed by atoms with E-state index in [0.29, 0.717) is 0 Å². The van der Waals surface area contributed by atoms with Crippen molar-refractivity contribution >= 4 is 84.3 Å². The summed E-state index contributed by atoms with van der Waals surface area (Å²) >= 11 is 0. The van der Waals surface area contributed by atoms with Crippen LogP contribution in [-0.4, -0.2) is 44.3 Å². The Hall–Kier alpha value is -2.26. The molecule has 0 aliphatic rings.